The smallest absolute Gasteiger partial charge is 0.252 e. The summed E-state index contributed by atoms with van der Waals surface area (Å²) in [5, 5.41) is 8.43. The Bertz CT molecular complexity index is 1200. The number of nitrogens with one attached hydrogen (secondary N) is 1. The molecule has 1 amide bonds. The molecule has 4 aromatic rings. The first-order valence-corrected chi connectivity index (χ1v) is 11.4. The molecular formula is C24H28N4O2S. The first-order valence-electron chi connectivity index (χ1n) is 10.6. The summed E-state index contributed by atoms with van der Waals surface area (Å²) in [6.07, 6.45) is 5.01. The summed E-state index contributed by atoms with van der Waals surface area (Å²) in [6.45, 7) is 10.3. The van der Waals surface area contributed by atoms with Crippen molar-refractivity contribution in [1.29, 1.82) is 0 Å². The topological polar surface area (TPSA) is 73.0 Å². The second-order valence-electron chi connectivity index (χ2n) is 8.29. The minimum atomic E-state index is -0.103. The molecule has 31 heavy (non-hydrogen) atoms. The van der Waals surface area contributed by atoms with Crippen LogP contribution in [0.3, 0.4) is 0 Å². The number of rotatable bonds is 7. The highest BCUT2D eigenvalue weighted by molar-refractivity contribution is 7.12. The molecule has 0 fully saturated rings. The van der Waals surface area contributed by atoms with Crippen molar-refractivity contribution >= 4 is 28.3 Å². The summed E-state index contributed by atoms with van der Waals surface area (Å²) in [7, 11) is 0. The molecule has 1 atom stereocenters. The van der Waals surface area contributed by atoms with Crippen LogP contribution < -0.4 is 5.32 Å². The number of hydrogen-bond acceptors (Lipinski definition) is 5. The Kier molecular flexibility index (Phi) is 5.96. The second kappa shape index (κ2) is 8.67. The molecule has 0 spiro atoms. The maximum absolute atomic E-state index is 13.3. The van der Waals surface area contributed by atoms with Crippen molar-refractivity contribution in [3.05, 3.63) is 57.8 Å². The maximum Gasteiger partial charge on any atom is 0.252 e. The molecule has 4 heterocycles. The van der Waals surface area contributed by atoms with Crippen LogP contribution in [0.5, 0.6) is 0 Å². The lowest BCUT2D eigenvalue weighted by atomic mass is 10.1. The predicted molar refractivity (Wildman–Crippen MR) is 125 cm³/mol. The highest BCUT2D eigenvalue weighted by Crippen LogP contribution is 2.32. The third-order valence-electron chi connectivity index (χ3n) is 5.40. The minimum absolute atomic E-state index is 0.00883. The van der Waals surface area contributed by atoms with E-state index < -0.39 is 0 Å². The lowest BCUT2D eigenvalue weighted by molar-refractivity contribution is 0.0939. The Hall–Kier alpha value is -2.93. The number of fused-ring (bicyclic) bond motifs is 1. The van der Waals surface area contributed by atoms with Gasteiger partial charge in [0, 0.05) is 33.8 Å². The fourth-order valence-corrected chi connectivity index (χ4v) is 4.73. The normalized spacial score (nSPS) is 12.6. The molecule has 0 saturated carbocycles. The summed E-state index contributed by atoms with van der Waals surface area (Å²) < 4.78 is 7.28. The zero-order chi connectivity index (χ0) is 22.1. The van der Waals surface area contributed by atoms with Gasteiger partial charge in [0.2, 0.25) is 0 Å². The van der Waals surface area contributed by atoms with Crippen LogP contribution in [0.4, 0.5) is 0 Å². The van der Waals surface area contributed by atoms with Gasteiger partial charge in [-0.1, -0.05) is 0 Å². The Balaban J connectivity index is 1.68. The van der Waals surface area contributed by atoms with Gasteiger partial charge in [-0.25, -0.2) is 9.67 Å². The fourth-order valence-electron chi connectivity index (χ4n) is 3.79. The van der Waals surface area contributed by atoms with E-state index in [0.29, 0.717) is 5.56 Å². The molecule has 4 rings (SSSR count). The van der Waals surface area contributed by atoms with Crippen molar-refractivity contribution in [3.8, 4) is 11.3 Å². The summed E-state index contributed by atoms with van der Waals surface area (Å²) >= 11 is 1.74. The molecule has 1 unspecified atom stereocenters. The number of amides is 1. The SMILES string of the molecule is Cc1cc(-c2cc(C(=O)NC(C)CCc3ccco3)c3cnn(C(C)C)c3n2)c(C)s1. The number of hydrogen-bond donors (Lipinski definition) is 1. The Morgan fingerprint density at radius 2 is 2.06 bits per heavy atom. The Morgan fingerprint density at radius 1 is 1.26 bits per heavy atom. The first-order chi connectivity index (χ1) is 14.8. The number of aryl methyl sites for hydroxylation is 3. The van der Waals surface area contributed by atoms with Gasteiger partial charge in [-0.05, 0) is 65.3 Å². The van der Waals surface area contributed by atoms with Crippen molar-refractivity contribution in [1.82, 2.24) is 20.1 Å². The van der Waals surface area contributed by atoms with Crippen LogP contribution in [0.15, 0.2) is 41.1 Å². The van der Waals surface area contributed by atoms with Gasteiger partial charge in [-0.15, -0.1) is 11.3 Å². The van der Waals surface area contributed by atoms with Gasteiger partial charge in [-0.2, -0.15) is 5.10 Å². The molecule has 0 aliphatic rings. The lowest BCUT2D eigenvalue weighted by Gasteiger charge is -2.15. The number of aromatic nitrogens is 3. The zero-order valence-corrected chi connectivity index (χ0v) is 19.4. The van der Waals surface area contributed by atoms with Crippen molar-refractivity contribution in [3.63, 3.8) is 0 Å². The number of pyridine rings is 1. The molecule has 0 saturated heterocycles. The van der Waals surface area contributed by atoms with E-state index in [9.17, 15) is 4.79 Å². The molecule has 1 N–H and O–H groups in total. The van der Waals surface area contributed by atoms with Gasteiger partial charge in [0.05, 0.1) is 29.1 Å². The van der Waals surface area contributed by atoms with Crippen LogP contribution in [0.25, 0.3) is 22.3 Å². The molecule has 4 aromatic heterocycles. The highest BCUT2D eigenvalue weighted by Gasteiger charge is 2.21. The van der Waals surface area contributed by atoms with Crippen molar-refractivity contribution < 1.29 is 9.21 Å². The van der Waals surface area contributed by atoms with E-state index in [1.165, 1.54) is 9.75 Å². The van der Waals surface area contributed by atoms with Crippen LogP contribution >= 0.6 is 11.3 Å². The quantitative estimate of drug-likeness (QED) is 0.403. The van der Waals surface area contributed by atoms with Crippen molar-refractivity contribution in [2.75, 3.05) is 0 Å². The average Bonchev–Trinajstić information content (AvgIpc) is 3.45. The third kappa shape index (κ3) is 4.42. The van der Waals surface area contributed by atoms with Crippen LogP contribution in [-0.4, -0.2) is 26.7 Å². The molecule has 0 aliphatic carbocycles. The fraction of sp³-hybridized carbons (Fsp3) is 0.375. The van der Waals surface area contributed by atoms with E-state index >= 15 is 0 Å². The molecule has 7 heteroatoms. The van der Waals surface area contributed by atoms with Gasteiger partial charge in [0.25, 0.3) is 5.91 Å². The van der Waals surface area contributed by atoms with Gasteiger partial charge in [-0.3, -0.25) is 4.79 Å². The van der Waals surface area contributed by atoms with Gasteiger partial charge in [0.15, 0.2) is 5.65 Å². The molecule has 6 nitrogen and oxygen atoms in total. The number of nitrogens with zero attached hydrogens (tertiary/aromatic N) is 3. The van der Waals surface area contributed by atoms with Crippen LogP contribution in [0, 0.1) is 13.8 Å². The number of carbonyl (C=O) groups excluding carboxylic acids is 1. The number of furan rings is 1. The summed E-state index contributed by atoms with van der Waals surface area (Å²) in [4.78, 5) is 20.6. The molecular weight excluding hydrogens is 408 g/mol. The van der Waals surface area contributed by atoms with Crippen LogP contribution in [-0.2, 0) is 6.42 Å². The lowest BCUT2D eigenvalue weighted by Crippen LogP contribution is -2.33. The highest BCUT2D eigenvalue weighted by atomic mass is 32.1. The summed E-state index contributed by atoms with van der Waals surface area (Å²) in [5.74, 6) is 0.824. The van der Waals surface area contributed by atoms with E-state index in [1.54, 1.807) is 23.8 Å². The second-order valence-corrected chi connectivity index (χ2v) is 9.76. The third-order valence-corrected chi connectivity index (χ3v) is 6.36. The van der Waals surface area contributed by atoms with Gasteiger partial charge >= 0.3 is 0 Å². The van der Waals surface area contributed by atoms with E-state index in [-0.39, 0.29) is 18.0 Å². The van der Waals surface area contributed by atoms with Crippen molar-refractivity contribution in [2.24, 2.45) is 0 Å². The monoisotopic (exact) mass is 436 g/mol. The van der Waals surface area contributed by atoms with E-state index in [2.05, 4.69) is 44.2 Å². The van der Waals surface area contributed by atoms with Crippen LogP contribution in [0.2, 0.25) is 0 Å². The van der Waals surface area contributed by atoms with Gasteiger partial charge < -0.3 is 9.73 Å². The van der Waals surface area contributed by atoms with Gasteiger partial charge in [0.1, 0.15) is 5.76 Å². The number of thiophene rings is 1. The molecule has 0 aromatic carbocycles. The van der Waals surface area contributed by atoms with Crippen molar-refractivity contribution in [2.45, 2.75) is 59.5 Å². The molecule has 162 valence electrons. The van der Waals surface area contributed by atoms with E-state index in [1.807, 2.05) is 29.8 Å². The molecule has 0 bridgehead atoms. The Morgan fingerprint density at radius 3 is 2.71 bits per heavy atom. The van der Waals surface area contributed by atoms with E-state index in [4.69, 9.17) is 9.40 Å². The molecule has 0 aliphatic heterocycles. The maximum atomic E-state index is 13.3. The number of carbonyl (C=O) groups is 1. The zero-order valence-electron chi connectivity index (χ0n) is 18.6. The largest absolute Gasteiger partial charge is 0.469 e. The van der Waals surface area contributed by atoms with Crippen LogP contribution in [0.1, 0.15) is 59.1 Å². The average molecular weight is 437 g/mol. The van der Waals surface area contributed by atoms with E-state index in [0.717, 1.165) is 40.9 Å². The Labute approximate surface area is 186 Å². The summed E-state index contributed by atoms with van der Waals surface area (Å²) in [5.41, 5.74) is 3.23. The predicted octanol–water partition coefficient (Wildman–Crippen LogP) is 5.70. The first kappa shape index (κ1) is 21.3. The summed E-state index contributed by atoms with van der Waals surface area (Å²) in [6, 6.07) is 8.03. The minimum Gasteiger partial charge on any atom is -0.469 e. The standard InChI is InChI=1S/C24H28N4O2S/c1-14(2)28-23-21(13-25-28)20(12-22(27-23)19-11-16(4)31-17(19)5)24(29)26-15(3)8-9-18-7-6-10-30-18/h6-7,10-15H,8-9H2,1-5H3,(H,26,29). The molecule has 0 radical (unpaired) electrons.